The van der Waals surface area contributed by atoms with Gasteiger partial charge in [-0.2, -0.15) is 0 Å². The number of nitrogens with zero attached hydrogens (tertiary/aromatic N) is 4. The van der Waals surface area contributed by atoms with Crippen LogP contribution in [0.25, 0.3) is 0 Å². The van der Waals surface area contributed by atoms with Crippen molar-refractivity contribution < 1.29 is 10.2 Å². The molecule has 0 radical (unpaired) electrons. The molecule has 5 rings (SSSR count). The standard InChI is InChI=1S/C27H34N4O2/c32-19-25-26(23-7-5-21(6-8-23)9-12-27(33)10-1-2-11-27)24-18-30(13-3-4-14-31(24)25)17-22-15-28-20-29-16-22/h5-8,15-16,20,24-26,32-33H,1-4,10-11,13-14,17-19H2/t24-,25+,26-/m1/s1. The minimum Gasteiger partial charge on any atom is -0.395 e. The average molecular weight is 447 g/mol. The summed E-state index contributed by atoms with van der Waals surface area (Å²) in [5.41, 5.74) is 2.55. The van der Waals surface area contributed by atoms with Gasteiger partial charge in [-0.05, 0) is 69.3 Å². The molecule has 0 bridgehead atoms. The number of rotatable bonds is 4. The molecule has 0 unspecified atom stereocenters. The maximum Gasteiger partial charge on any atom is 0.125 e. The van der Waals surface area contributed by atoms with Crippen molar-refractivity contribution in [1.82, 2.24) is 19.8 Å². The van der Waals surface area contributed by atoms with E-state index in [-0.39, 0.29) is 12.6 Å². The van der Waals surface area contributed by atoms with Gasteiger partial charge in [0.05, 0.1) is 6.61 Å². The van der Waals surface area contributed by atoms with Gasteiger partial charge in [-0.3, -0.25) is 9.80 Å². The van der Waals surface area contributed by atoms with E-state index in [1.807, 2.05) is 12.4 Å². The Balaban J connectivity index is 1.31. The van der Waals surface area contributed by atoms with Crippen LogP contribution in [0.15, 0.2) is 43.0 Å². The molecule has 1 aliphatic carbocycles. The summed E-state index contributed by atoms with van der Waals surface area (Å²) in [5, 5.41) is 20.7. The van der Waals surface area contributed by atoms with Gasteiger partial charge < -0.3 is 10.2 Å². The highest BCUT2D eigenvalue weighted by Crippen LogP contribution is 2.42. The van der Waals surface area contributed by atoms with E-state index >= 15 is 0 Å². The molecule has 0 spiro atoms. The summed E-state index contributed by atoms with van der Waals surface area (Å²) in [6.07, 6.45) is 11.4. The molecule has 2 aromatic rings. The normalized spacial score (nSPS) is 27.5. The van der Waals surface area contributed by atoms with Gasteiger partial charge in [-0.1, -0.05) is 24.0 Å². The Labute approximate surface area is 196 Å². The molecule has 1 aromatic carbocycles. The van der Waals surface area contributed by atoms with Crippen molar-refractivity contribution in [2.45, 2.75) is 68.7 Å². The first-order chi connectivity index (χ1) is 16.1. The van der Waals surface area contributed by atoms with E-state index in [2.05, 4.69) is 55.9 Å². The Hall–Kier alpha value is -2.30. The Morgan fingerprint density at radius 3 is 2.45 bits per heavy atom. The highest BCUT2D eigenvalue weighted by molar-refractivity contribution is 5.40. The largest absolute Gasteiger partial charge is 0.395 e. The first-order valence-electron chi connectivity index (χ1n) is 12.3. The molecular formula is C27H34N4O2. The fourth-order valence-corrected chi connectivity index (χ4v) is 5.89. The zero-order valence-electron chi connectivity index (χ0n) is 19.2. The van der Waals surface area contributed by atoms with Crippen LogP contribution in [0.2, 0.25) is 0 Å². The molecule has 3 aliphatic rings. The van der Waals surface area contributed by atoms with E-state index < -0.39 is 5.60 Å². The van der Waals surface area contributed by atoms with Gasteiger partial charge in [0.25, 0.3) is 0 Å². The first kappa shape index (κ1) is 22.5. The third-order valence-electron chi connectivity index (χ3n) is 7.64. The number of aliphatic hydroxyl groups excluding tert-OH is 1. The number of hydrogen-bond donors (Lipinski definition) is 2. The third-order valence-corrected chi connectivity index (χ3v) is 7.64. The fraction of sp³-hybridized carbons (Fsp3) is 0.556. The van der Waals surface area contributed by atoms with Crippen molar-refractivity contribution in [1.29, 1.82) is 0 Å². The van der Waals surface area contributed by atoms with Gasteiger partial charge >= 0.3 is 0 Å². The molecule has 1 aromatic heterocycles. The Morgan fingerprint density at radius 1 is 1.00 bits per heavy atom. The summed E-state index contributed by atoms with van der Waals surface area (Å²) in [6.45, 7) is 4.15. The average Bonchev–Trinajstić information content (AvgIpc) is 3.26. The molecule has 2 N–H and O–H groups in total. The number of fused-ring (bicyclic) bond motifs is 1. The minimum absolute atomic E-state index is 0.172. The highest BCUT2D eigenvalue weighted by atomic mass is 16.3. The summed E-state index contributed by atoms with van der Waals surface area (Å²) in [6, 6.07) is 9.04. The van der Waals surface area contributed by atoms with Crippen molar-refractivity contribution in [3.8, 4) is 11.8 Å². The van der Waals surface area contributed by atoms with Crippen LogP contribution in [0.1, 0.15) is 61.1 Å². The second-order valence-electron chi connectivity index (χ2n) is 9.88. The van der Waals surface area contributed by atoms with Crippen LogP contribution in [0.5, 0.6) is 0 Å². The van der Waals surface area contributed by atoms with Crippen LogP contribution < -0.4 is 0 Å². The van der Waals surface area contributed by atoms with Crippen molar-refractivity contribution in [3.05, 3.63) is 59.7 Å². The van der Waals surface area contributed by atoms with Crippen LogP contribution in [0.4, 0.5) is 0 Å². The molecule has 174 valence electrons. The molecule has 6 heteroatoms. The number of aliphatic hydroxyl groups is 2. The lowest BCUT2D eigenvalue weighted by Gasteiger charge is -2.57. The minimum atomic E-state index is -0.804. The molecule has 6 nitrogen and oxygen atoms in total. The molecule has 1 saturated carbocycles. The van der Waals surface area contributed by atoms with Crippen molar-refractivity contribution in [2.75, 3.05) is 26.2 Å². The van der Waals surface area contributed by atoms with Gasteiger partial charge in [0.15, 0.2) is 0 Å². The lowest BCUT2D eigenvalue weighted by atomic mass is 9.74. The quantitative estimate of drug-likeness (QED) is 0.704. The number of hydrogen-bond acceptors (Lipinski definition) is 6. The SMILES string of the molecule is OC[C@H]1[C@H](c2ccc(C#CC3(O)CCCC3)cc2)[C@H]2CN(Cc3cncnc3)CCCCN21. The predicted molar refractivity (Wildman–Crippen MR) is 127 cm³/mol. The van der Waals surface area contributed by atoms with E-state index in [0.717, 1.165) is 69.4 Å². The van der Waals surface area contributed by atoms with Gasteiger partial charge in [0, 0.05) is 54.6 Å². The van der Waals surface area contributed by atoms with Crippen LogP contribution >= 0.6 is 0 Å². The van der Waals surface area contributed by atoms with E-state index in [1.54, 1.807) is 6.33 Å². The Bertz CT molecular complexity index is 979. The second-order valence-corrected chi connectivity index (χ2v) is 9.88. The summed E-state index contributed by atoms with van der Waals surface area (Å²) < 4.78 is 0. The van der Waals surface area contributed by atoms with Crippen LogP contribution in [-0.4, -0.2) is 73.9 Å². The van der Waals surface area contributed by atoms with Crippen LogP contribution in [0.3, 0.4) is 0 Å². The van der Waals surface area contributed by atoms with Gasteiger partial charge in [-0.15, -0.1) is 0 Å². The lowest BCUT2D eigenvalue weighted by molar-refractivity contribution is -0.0655. The fourth-order valence-electron chi connectivity index (χ4n) is 5.89. The summed E-state index contributed by atoms with van der Waals surface area (Å²) >= 11 is 0. The molecular weight excluding hydrogens is 412 g/mol. The maximum atomic E-state index is 10.5. The molecule has 3 heterocycles. The van der Waals surface area contributed by atoms with Crippen LogP contribution in [0, 0.1) is 11.8 Å². The molecule has 3 fully saturated rings. The second kappa shape index (κ2) is 9.90. The van der Waals surface area contributed by atoms with Gasteiger partial charge in [-0.25, -0.2) is 9.97 Å². The Morgan fingerprint density at radius 2 is 1.73 bits per heavy atom. The van der Waals surface area contributed by atoms with E-state index in [4.69, 9.17) is 0 Å². The summed E-state index contributed by atoms with van der Waals surface area (Å²) in [5.74, 6) is 6.59. The topological polar surface area (TPSA) is 72.7 Å². The maximum absolute atomic E-state index is 10.5. The summed E-state index contributed by atoms with van der Waals surface area (Å²) in [7, 11) is 0. The van der Waals surface area contributed by atoms with E-state index in [9.17, 15) is 10.2 Å². The van der Waals surface area contributed by atoms with Crippen molar-refractivity contribution >= 4 is 0 Å². The van der Waals surface area contributed by atoms with E-state index in [1.165, 1.54) is 12.0 Å². The molecule has 3 atom stereocenters. The van der Waals surface area contributed by atoms with Gasteiger partial charge in [0.2, 0.25) is 0 Å². The van der Waals surface area contributed by atoms with E-state index in [0.29, 0.717) is 12.0 Å². The molecule has 2 saturated heterocycles. The number of benzene rings is 1. The van der Waals surface area contributed by atoms with Crippen LogP contribution in [-0.2, 0) is 6.54 Å². The smallest absolute Gasteiger partial charge is 0.125 e. The molecule has 0 amide bonds. The monoisotopic (exact) mass is 446 g/mol. The first-order valence-corrected chi connectivity index (χ1v) is 12.3. The van der Waals surface area contributed by atoms with Gasteiger partial charge in [0.1, 0.15) is 11.9 Å². The summed E-state index contributed by atoms with van der Waals surface area (Å²) in [4.78, 5) is 13.4. The lowest BCUT2D eigenvalue weighted by Crippen LogP contribution is -2.67. The van der Waals surface area contributed by atoms with Crippen molar-refractivity contribution in [3.63, 3.8) is 0 Å². The Kier molecular flexibility index (Phi) is 6.75. The molecule has 2 aliphatic heterocycles. The van der Waals surface area contributed by atoms with Crippen molar-refractivity contribution in [2.24, 2.45) is 0 Å². The third kappa shape index (κ3) is 4.97. The zero-order chi connectivity index (χ0) is 22.7. The highest BCUT2D eigenvalue weighted by Gasteiger charge is 2.49. The zero-order valence-corrected chi connectivity index (χ0v) is 19.2. The predicted octanol–water partition coefficient (Wildman–Crippen LogP) is 2.56. The molecule has 33 heavy (non-hydrogen) atoms. The number of aromatic nitrogens is 2.